The Morgan fingerprint density at radius 2 is 2.00 bits per heavy atom. The van der Waals surface area contributed by atoms with Crippen LogP contribution >= 0.6 is 0 Å². The molecule has 1 atom stereocenters. The highest BCUT2D eigenvalue weighted by Gasteiger charge is 2.19. The molecule has 18 heavy (non-hydrogen) atoms. The van der Waals surface area contributed by atoms with Crippen molar-refractivity contribution in [2.75, 3.05) is 25.2 Å². The first-order valence-corrected chi connectivity index (χ1v) is 7.52. The molecule has 0 spiro atoms. The lowest BCUT2D eigenvalue weighted by Crippen LogP contribution is -2.25. The molecule has 0 fully saturated rings. The molecule has 1 aromatic rings. The molecule has 0 saturated carbocycles. The topological polar surface area (TPSA) is 84.9 Å². The summed E-state index contributed by atoms with van der Waals surface area (Å²) >= 11 is 0. The Bertz CT molecular complexity index is 528. The van der Waals surface area contributed by atoms with Gasteiger partial charge in [0, 0.05) is 6.26 Å². The highest BCUT2D eigenvalue weighted by molar-refractivity contribution is 7.90. The smallest absolute Gasteiger partial charge is 0.161 e. The second kappa shape index (κ2) is 5.13. The molecule has 1 heterocycles. The van der Waals surface area contributed by atoms with Gasteiger partial charge in [0.15, 0.2) is 11.5 Å². The van der Waals surface area contributed by atoms with Crippen molar-refractivity contribution in [3.05, 3.63) is 23.8 Å². The molecule has 6 nitrogen and oxygen atoms in total. The third-order valence-electron chi connectivity index (χ3n) is 2.59. The lowest BCUT2D eigenvalue weighted by Gasteiger charge is -2.21. The zero-order chi connectivity index (χ0) is 13.2. The fourth-order valence-corrected chi connectivity index (χ4v) is 2.66. The minimum atomic E-state index is -3.20. The van der Waals surface area contributed by atoms with Crippen molar-refractivity contribution in [2.45, 2.75) is 6.04 Å². The number of hydrogen-bond donors (Lipinski definition) is 2. The summed E-state index contributed by atoms with van der Waals surface area (Å²) in [4.78, 5) is 0. The van der Waals surface area contributed by atoms with Gasteiger partial charge >= 0.3 is 0 Å². The number of rotatable bonds is 4. The maximum absolute atomic E-state index is 11.3. The Balaban J connectivity index is 2.26. The normalized spacial score (nSPS) is 16.3. The molecule has 100 valence electrons. The molecule has 2 rings (SSSR count). The largest absolute Gasteiger partial charge is 0.486 e. The van der Waals surface area contributed by atoms with E-state index >= 15 is 0 Å². The van der Waals surface area contributed by atoms with E-state index in [1.54, 1.807) is 18.2 Å². The van der Waals surface area contributed by atoms with Crippen molar-refractivity contribution in [1.29, 1.82) is 0 Å². The number of fused-ring (bicyclic) bond motifs is 1. The van der Waals surface area contributed by atoms with Gasteiger partial charge in [-0.2, -0.15) is 5.48 Å². The Hall–Kier alpha value is -1.31. The van der Waals surface area contributed by atoms with Gasteiger partial charge in [0.25, 0.3) is 0 Å². The van der Waals surface area contributed by atoms with Gasteiger partial charge in [-0.1, -0.05) is 6.07 Å². The molecule has 0 aromatic heterocycles. The number of sulfone groups is 1. The molecule has 0 saturated heterocycles. The van der Waals surface area contributed by atoms with E-state index in [1.807, 2.05) is 5.48 Å². The van der Waals surface area contributed by atoms with E-state index < -0.39 is 15.9 Å². The summed E-state index contributed by atoms with van der Waals surface area (Å²) in [5.74, 6) is 0.997. The van der Waals surface area contributed by atoms with E-state index in [-0.39, 0.29) is 5.75 Å². The second-order valence-corrected chi connectivity index (χ2v) is 6.36. The van der Waals surface area contributed by atoms with Crippen LogP contribution in [0.2, 0.25) is 0 Å². The van der Waals surface area contributed by atoms with Gasteiger partial charge in [0.05, 0.1) is 11.8 Å². The quantitative estimate of drug-likeness (QED) is 0.778. The van der Waals surface area contributed by atoms with Gasteiger partial charge in [-0.15, -0.1) is 0 Å². The average Bonchev–Trinajstić information content (AvgIpc) is 2.34. The third-order valence-corrected chi connectivity index (χ3v) is 3.53. The fraction of sp³-hybridized carbons (Fsp3) is 0.455. The summed E-state index contributed by atoms with van der Waals surface area (Å²) in [6.45, 7) is 0.955. The Kier molecular flexibility index (Phi) is 3.74. The molecule has 1 aromatic carbocycles. The lowest BCUT2D eigenvalue weighted by molar-refractivity contribution is 0.133. The van der Waals surface area contributed by atoms with Gasteiger partial charge in [0.1, 0.15) is 23.1 Å². The van der Waals surface area contributed by atoms with Crippen LogP contribution < -0.4 is 15.0 Å². The van der Waals surface area contributed by atoms with Gasteiger partial charge in [-0.25, -0.2) is 8.42 Å². The number of ether oxygens (including phenoxy) is 2. The van der Waals surface area contributed by atoms with E-state index in [2.05, 4.69) is 0 Å². The maximum atomic E-state index is 11.3. The predicted octanol–water partition coefficient (Wildman–Crippen LogP) is 0.522. The van der Waals surface area contributed by atoms with Crippen molar-refractivity contribution in [3.8, 4) is 11.5 Å². The summed E-state index contributed by atoms with van der Waals surface area (Å²) in [6, 6.07) is 4.40. The summed E-state index contributed by atoms with van der Waals surface area (Å²) < 4.78 is 33.3. The fourth-order valence-electron chi connectivity index (χ4n) is 1.79. The Labute approximate surface area is 105 Å². The van der Waals surface area contributed by atoms with Crippen molar-refractivity contribution in [1.82, 2.24) is 5.48 Å². The molecule has 0 radical (unpaired) electrons. The van der Waals surface area contributed by atoms with Crippen LogP contribution in [0.25, 0.3) is 0 Å². The first-order chi connectivity index (χ1) is 8.49. The van der Waals surface area contributed by atoms with E-state index in [1.165, 1.54) is 0 Å². The molecular weight excluding hydrogens is 258 g/mol. The van der Waals surface area contributed by atoms with Gasteiger partial charge in [-0.3, -0.25) is 0 Å². The minimum Gasteiger partial charge on any atom is -0.486 e. The monoisotopic (exact) mass is 273 g/mol. The van der Waals surface area contributed by atoms with Crippen LogP contribution in [-0.2, 0) is 9.84 Å². The summed E-state index contributed by atoms with van der Waals surface area (Å²) in [5, 5.41) is 9.06. The standard InChI is InChI=1S/C11H15NO5S/c1-18(14,15)7-9(12-13)8-2-3-10-11(6-8)17-5-4-16-10/h2-3,6,9,12-13H,4-5,7H2,1H3. The first-order valence-electron chi connectivity index (χ1n) is 5.46. The van der Waals surface area contributed by atoms with Gasteiger partial charge in [-0.05, 0) is 17.7 Å². The Morgan fingerprint density at radius 3 is 2.61 bits per heavy atom. The molecular formula is C11H15NO5S. The molecule has 1 unspecified atom stereocenters. The highest BCUT2D eigenvalue weighted by atomic mass is 32.2. The van der Waals surface area contributed by atoms with Crippen LogP contribution in [0.3, 0.4) is 0 Å². The summed E-state index contributed by atoms with van der Waals surface area (Å²) in [5.41, 5.74) is 2.64. The average molecular weight is 273 g/mol. The maximum Gasteiger partial charge on any atom is 0.161 e. The van der Waals surface area contributed by atoms with Gasteiger partial charge in [0.2, 0.25) is 0 Å². The predicted molar refractivity (Wildman–Crippen MR) is 64.8 cm³/mol. The van der Waals surface area contributed by atoms with Crippen LogP contribution in [0.15, 0.2) is 18.2 Å². The molecule has 1 aliphatic heterocycles. The molecule has 0 bridgehead atoms. The SMILES string of the molecule is CS(=O)(=O)CC(NO)c1ccc2c(c1)OCCO2. The van der Waals surface area contributed by atoms with E-state index in [0.717, 1.165) is 6.26 Å². The van der Waals surface area contributed by atoms with Crippen molar-refractivity contribution >= 4 is 9.84 Å². The molecule has 2 N–H and O–H groups in total. The molecule has 1 aliphatic rings. The first kappa shape index (κ1) is 13.1. The molecule has 0 amide bonds. The van der Waals surface area contributed by atoms with E-state index in [9.17, 15) is 8.42 Å². The number of hydrogen-bond acceptors (Lipinski definition) is 6. The van der Waals surface area contributed by atoms with Crippen LogP contribution in [0.5, 0.6) is 11.5 Å². The number of nitrogens with one attached hydrogen (secondary N) is 1. The zero-order valence-electron chi connectivity index (χ0n) is 9.92. The lowest BCUT2D eigenvalue weighted by atomic mass is 10.1. The van der Waals surface area contributed by atoms with E-state index in [4.69, 9.17) is 14.7 Å². The van der Waals surface area contributed by atoms with E-state index in [0.29, 0.717) is 30.3 Å². The van der Waals surface area contributed by atoms with Crippen molar-refractivity contribution < 1.29 is 23.1 Å². The second-order valence-electron chi connectivity index (χ2n) is 4.18. The zero-order valence-corrected chi connectivity index (χ0v) is 10.7. The van der Waals surface area contributed by atoms with Gasteiger partial charge < -0.3 is 14.7 Å². The molecule has 7 heteroatoms. The summed E-state index contributed by atoms with van der Waals surface area (Å²) in [7, 11) is -3.20. The van der Waals surface area contributed by atoms with Crippen molar-refractivity contribution in [3.63, 3.8) is 0 Å². The number of hydroxylamine groups is 1. The van der Waals surface area contributed by atoms with Crippen LogP contribution in [0.1, 0.15) is 11.6 Å². The molecule has 0 aliphatic carbocycles. The van der Waals surface area contributed by atoms with Crippen molar-refractivity contribution in [2.24, 2.45) is 0 Å². The highest BCUT2D eigenvalue weighted by Crippen LogP contribution is 2.32. The van der Waals surface area contributed by atoms with Crippen LogP contribution in [0.4, 0.5) is 0 Å². The number of benzene rings is 1. The Morgan fingerprint density at radius 1 is 1.33 bits per heavy atom. The minimum absolute atomic E-state index is 0.191. The van der Waals surface area contributed by atoms with Crippen LogP contribution in [-0.4, -0.2) is 38.8 Å². The summed E-state index contributed by atoms with van der Waals surface area (Å²) in [6.07, 6.45) is 1.12. The van der Waals surface area contributed by atoms with Crippen LogP contribution in [0, 0.1) is 0 Å². The third kappa shape index (κ3) is 3.12.